The van der Waals surface area contributed by atoms with Gasteiger partial charge < -0.3 is 10.1 Å². The first kappa shape index (κ1) is 14.8. The van der Waals surface area contributed by atoms with Crippen LogP contribution in [0.3, 0.4) is 0 Å². The first-order valence-electron chi connectivity index (χ1n) is 7.40. The molecule has 4 nitrogen and oxygen atoms in total. The highest BCUT2D eigenvalue weighted by atomic mass is 32.1. The van der Waals surface area contributed by atoms with Gasteiger partial charge in [-0.3, -0.25) is 4.79 Å². The molecule has 5 heteroatoms. The van der Waals surface area contributed by atoms with E-state index in [0.29, 0.717) is 11.7 Å². The summed E-state index contributed by atoms with van der Waals surface area (Å²) in [7, 11) is 0. The quantitative estimate of drug-likeness (QED) is 0.851. The molecular formula is C17H18N2O2S. The molecule has 1 aliphatic carbocycles. The van der Waals surface area contributed by atoms with Crippen LogP contribution in [0.5, 0.6) is 10.9 Å². The maximum absolute atomic E-state index is 12.1. The van der Waals surface area contributed by atoms with Gasteiger partial charge in [-0.15, -0.1) is 0 Å². The molecule has 1 amide bonds. The van der Waals surface area contributed by atoms with Crippen LogP contribution in [0.2, 0.25) is 0 Å². The van der Waals surface area contributed by atoms with Gasteiger partial charge in [0.1, 0.15) is 5.75 Å². The van der Waals surface area contributed by atoms with Crippen molar-refractivity contribution in [2.45, 2.75) is 25.8 Å². The number of rotatable bonds is 5. The van der Waals surface area contributed by atoms with Crippen LogP contribution in [-0.2, 0) is 11.3 Å². The second kappa shape index (κ2) is 7.22. The summed E-state index contributed by atoms with van der Waals surface area (Å²) in [6.07, 6.45) is 8.75. The van der Waals surface area contributed by atoms with E-state index in [9.17, 15) is 4.79 Å². The number of aromatic nitrogens is 1. The SMILES string of the molecule is O=C(NCc1ccc(Oc2nccs2)cc1)C1CC=CCC1. The molecule has 0 bridgehead atoms. The summed E-state index contributed by atoms with van der Waals surface area (Å²) in [6, 6.07) is 7.71. The van der Waals surface area contributed by atoms with Gasteiger partial charge in [0.15, 0.2) is 0 Å². The zero-order chi connectivity index (χ0) is 15.2. The van der Waals surface area contributed by atoms with Gasteiger partial charge in [-0.1, -0.05) is 35.6 Å². The van der Waals surface area contributed by atoms with E-state index in [4.69, 9.17) is 4.74 Å². The summed E-state index contributed by atoms with van der Waals surface area (Å²) in [6.45, 7) is 0.552. The Balaban J connectivity index is 1.50. The minimum atomic E-state index is 0.123. The number of nitrogens with one attached hydrogen (secondary N) is 1. The highest BCUT2D eigenvalue weighted by Gasteiger charge is 2.17. The van der Waals surface area contributed by atoms with Gasteiger partial charge in [0.2, 0.25) is 5.91 Å². The van der Waals surface area contributed by atoms with Crippen LogP contribution < -0.4 is 10.1 Å². The van der Waals surface area contributed by atoms with Crippen molar-refractivity contribution in [1.82, 2.24) is 10.3 Å². The molecule has 0 saturated carbocycles. The topological polar surface area (TPSA) is 51.2 Å². The Bertz CT molecular complexity index is 635. The molecule has 0 radical (unpaired) electrons. The van der Waals surface area contributed by atoms with Crippen LogP contribution in [0, 0.1) is 5.92 Å². The third kappa shape index (κ3) is 3.95. The van der Waals surface area contributed by atoms with Crippen LogP contribution in [0.4, 0.5) is 0 Å². The van der Waals surface area contributed by atoms with E-state index in [1.807, 2.05) is 29.6 Å². The van der Waals surface area contributed by atoms with Gasteiger partial charge in [0.05, 0.1) is 0 Å². The van der Waals surface area contributed by atoms with E-state index in [1.54, 1.807) is 6.20 Å². The van der Waals surface area contributed by atoms with E-state index in [1.165, 1.54) is 11.3 Å². The number of hydrogen-bond donors (Lipinski definition) is 1. The lowest BCUT2D eigenvalue weighted by atomic mass is 9.93. The lowest BCUT2D eigenvalue weighted by Crippen LogP contribution is -2.30. The van der Waals surface area contributed by atoms with Gasteiger partial charge in [0, 0.05) is 24.0 Å². The average molecular weight is 314 g/mol. The molecule has 1 aliphatic rings. The first-order chi connectivity index (χ1) is 10.8. The fraction of sp³-hybridized carbons (Fsp3) is 0.294. The molecule has 3 rings (SSSR count). The maximum atomic E-state index is 12.1. The molecule has 0 aliphatic heterocycles. The van der Waals surface area contributed by atoms with E-state index in [0.717, 1.165) is 30.6 Å². The number of allylic oxidation sites excluding steroid dienone is 2. The van der Waals surface area contributed by atoms with Crippen molar-refractivity contribution >= 4 is 17.2 Å². The lowest BCUT2D eigenvalue weighted by molar-refractivity contribution is -0.125. The first-order valence-corrected chi connectivity index (χ1v) is 8.28. The second-order valence-corrected chi connectivity index (χ2v) is 6.10. The van der Waals surface area contributed by atoms with Crippen LogP contribution in [0.15, 0.2) is 48.0 Å². The van der Waals surface area contributed by atoms with Crippen molar-refractivity contribution in [2.75, 3.05) is 0 Å². The Morgan fingerprint density at radius 3 is 2.86 bits per heavy atom. The van der Waals surface area contributed by atoms with Crippen molar-refractivity contribution in [1.29, 1.82) is 0 Å². The standard InChI is InChI=1S/C17H18N2O2S/c20-16(14-4-2-1-3-5-14)19-12-13-6-8-15(9-7-13)21-17-18-10-11-22-17/h1-2,6-11,14H,3-5,12H2,(H,19,20). The molecule has 2 aromatic rings. The molecule has 1 aromatic heterocycles. The number of carbonyl (C=O) groups excluding carboxylic acids is 1. The monoisotopic (exact) mass is 314 g/mol. The van der Waals surface area contributed by atoms with Gasteiger partial charge >= 0.3 is 0 Å². The molecule has 114 valence electrons. The number of thiazole rings is 1. The van der Waals surface area contributed by atoms with E-state index < -0.39 is 0 Å². The minimum absolute atomic E-state index is 0.123. The van der Waals surface area contributed by atoms with E-state index in [-0.39, 0.29) is 11.8 Å². The highest BCUT2D eigenvalue weighted by Crippen LogP contribution is 2.23. The zero-order valence-electron chi connectivity index (χ0n) is 12.2. The molecule has 22 heavy (non-hydrogen) atoms. The number of nitrogens with zero attached hydrogens (tertiary/aromatic N) is 1. The van der Waals surface area contributed by atoms with Crippen LogP contribution in [-0.4, -0.2) is 10.9 Å². The molecule has 1 unspecified atom stereocenters. The molecule has 1 aromatic carbocycles. The van der Waals surface area contributed by atoms with E-state index in [2.05, 4.69) is 22.5 Å². The Kier molecular flexibility index (Phi) is 4.85. The summed E-state index contributed by atoms with van der Waals surface area (Å²) >= 11 is 1.46. The molecule has 0 spiro atoms. The van der Waals surface area contributed by atoms with Crippen molar-refractivity contribution < 1.29 is 9.53 Å². The summed E-state index contributed by atoms with van der Waals surface area (Å²) < 4.78 is 5.61. The molecule has 0 fully saturated rings. The maximum Gasteiger partial charge on any atom is 0.278 e. The van der Waals surface area contributed by atoms with E-state index >= 15 is 0 Å². The van der Waals surface area contributed by atoms with Gasteiger partial charge in [-0.25, -0.2) is 4.98 Å². The summed E-state index contributed by atoms with van der Waals surface area (Å²) in [5.41, 5.74) is 1.06. The largest absolute Gasteiger partial charge is 0.431 e. The smallest absolute Gasteiger partial charge is 0.278 e. The third-order valence-corrected chi connectivity index (χ3v) is 4.29. The number of amides is 1. The van der Waals surface area contributed by atoms with Crippen LogP contribution in [0.1, 0.15) is 24.8 Å². The van der Waals surface area contributed by atoms with Crippen molar-refractivity contribution in [3.63, 3.8) is 0 Å². The van der Waals surface area contributed by atoms with Crippen molar-refractivity contribution in [3.05, 3.63) is 53.6 Å². The summed E-state index contributed by atoms with van der Waals surface area (Å²) in [5.74, 6) is 1.02. The third-order valence-electron chi connectivity index (χ3n) is 3.64. The second-order valence-electron chi connectivity index (χ2n) is 5.24. The predicted octanol–water partition coefficient (Wildman–Crippen LogP) is 3.91. The lowest BCUT2D eigenvalue weighted by Gasteiger charge is -2.17. The highest BCUT2D eigenvalue weighted by molar-refractivity contribution is 7.11. The fourth-order valence-electron chi connectivity index (χ4n) is 2.40. The Morgan fingerprint density at radius 2 is 2.18 bits per heavy atom. The fourth-order valence-corrected chi connectivity index (χ4v) is 2.91. The van der Waals surface area contributed by atoms with Gasteiger partial charge in [-0.05, 0) is 37.0 Å². The Morgan fingerprint density at radius 1 is 1.32 bits per heavy atom. The van der Waals surface area contributed by atoms with Crippen molar-refractivity contribution in [3.8, 4) is 10.9 Å². The van der Waals surface area contributed by atoms with Crippen molar-refractivity contribution in [2.24, 2.45) is 5.92 Å². The molecule has 1 heterocycles. The summed E-state index contributed by atoms with van der Waals surface area (Å²) in [4.78, 5) is 16.2. The molecule has 1 N–H and O–H groups in total. The number of benzene rings is 1. The molecule has 1 atom stereocenters. The number of ether oxygens (including phenoxy) is 1. The van der Waals surface area contributed by atoms with Gasteiger partial charge in [0.25, 0.3) is 5.19 Å². The van der Waals surface area contributed by atoms with Crippen LogP contribution >= 0.6 is 11.3 Å². The zero-order valence-corrected chi connectivity index (χ0v) is 13.0. The Hall–Kier alpha value is -2.14. The molecular weight excluding hydrogens is 296 g/mol. The van der Waals surface area contributed by atoms with Gasteiger partial charge in [-0.2, -0.15) is 0 Å². The summed E-state index contributed by atoms with van der Waals surface area (Å²) in [5, 5.41) is 5.52. The van der Waals surface area contributed by atoms with Crippen LogP contribution in [0.25, 0.3) is 0 Å². The molecule has 0 saturated heterocycles. The average Bonchev–Trinajstić information content (AvgIpc) is 3.08. The Labute approximate surface area is 133 Å². The number of hydrogen-bond acceptors (Lipinski definition) is 4. The minimum Gasteiger partial charge on any atom is -0.431 e. The normalized spacial score (nSPS) is 17.2. The number of carbonyl (C=O) groups is 1. The predicted molar refractivity (Wildman–Crippen MR) is 87.0 cm³/mol.